The van der Waals surface area contributed by atoms with Gasteiger partial charge in [-0.25, -0.2) is 9.18 Å². The third-order valence-electron chi connectivity index (χ3n) is 4.66. The van der Waals surface area contributed by atoms with Gasteiger partial charge in [0.15, 0.2) is 0 Å². The molecule has 0 aromatic heterocycles. The lowest BCUT2D eigenvalue weighted by molar-refractivity contribution is 0.237. The number of likely N-dealkylation sites (N-methyl/N-ethyl adjacent to an activating group) is 1. The lowest BCUT2D eigenvalue weighted by Crippen LogP contribution is -2.45. The molecule has 1 aliphatic rings. The molecule has 1 N–H and O–H groups in total. The highest BCUT2D eigenvalue weighted by Crippen LogP contribution is 2.28. The third-order valence-corrected chi connectivity index (χ3v) is 4.66. The minimum Gasteiger partial charge on any atom is -0.336 e. The molecule has 0 radical (unpaired) electrons. The van der Waals surface area contributed by atoms with E-state index in [0.717, 1.165) is 29.7 Å². The normalized spacial score (nSPS) is 15.0. The molecule has 1 heterocycles. The van der Waals surface area contributed by atoms with Crippen LogP contribution in [0.5, 0.6) is 0 Å². The van der Waals surface area contributed by atoms with Gasteiger partial charge in [-0.15, -0.1) is 0 Å². The van der Waals surface area contributed by atoms with E-state index in [2.05, 4.69) is 22.3 Å². The smallest absolute Gasteiger partial charge is 0.321 e. The summed E-state index contributed by atoms with van der Waals surface area (Å²) in [5.74, 6) is -0.252. The van der Waals surface area contributed by atoms with Crippen molar-refractivity contribution in [1.29, 1.82) is 0 Å². The fraction of sp³-hybridized carbons (Fsp3) is 0.350. The first-order valence-corrected chi connectivity index (χ1v) is 8.61. The molecule has 1 aliphatic heterocycles. The molecule has 0 fully saturated rings. The van der Waals surface area contributed by atoms with Gasteiger partial charge in [-0.2, -0.15) is 0 Å². The molecule has 132 valence electrons. The molecule has 1 unspecified atom stereocenters. The van der Waals surface area contributed by atoms with Gasteiger partial charge in [0, 0.05) is 18.8 Å². The number of aryl methyl sites for hydroxylation is 1. The van der Waals surface area contributed by atoms with E-state index in [1.165, 1.54) is 12.1 Å². The molecule has 25 heavy (non-hydrogen) atoms. The van der Waals surface area contributed by atoms with Gasteiger partial charge in [-0.1, -0.05) is 30.3 Å². The van der Waals surface area contributed by atoms with E-state index in [0.29, 0.717) is 13.1 Å². The summed E-state index contributed by atoms with van der Waals surface area (Å²) in [5, 5.41) is 3.04. The maximum absolute atomic E-state index is 13.4. The molecule has 0 bridgehead atoms. The predicted octanol–water partition coefficient (Wildman–Crippen LogP) is 3.59. The summed E-state index contributed by atoms with van der Waals surface area (Å²) in [6.45, 7) is 1.17. The van der Waals surface area contributed by atoms with Crippen molar-refractivity contribution >= 4 is 11.7 Å². The Labute approximate surface area is 148 Å². The van der Waals surface area contributed by atoms with Crippen LogP contribution in [0.15, 0.2) is 48.5 Å². The summed E-state index contributed by atoms with van der Waals surface area (Å²) >= 11 is 0. The first kappa shape index (κ1) is 17.4. The number of nitrogens with zero attached hydrogens (tertiary/aromatic N) is 2. The van der Waals surface area contributed by atoms with Crippen molar-refractivity contribution < 1.29 is 9.18 Å². The van der Waals surface area contributed by atoms with E-state index in [1.54, 1.807) is 11.0 Å². The predicted molar refractivity (Wildman–Crippen MR) is 98.3 cm³/mol. The molecule has 0 saturated heterocycles. The molecule has 2 aromatic carbocycles. The first-order valence-electron chi connectivity index (χ1n) is 8.61. The van der Waals surface area contributed by atoms with Gasteiger partial charge in [0.2, 0.25) is 0 Å². The number of rotatable bonds is 4. The summed E-state index contributed by atoms with van der Waals surface area (Å²) in [6, 6.07) is 14.7. The van der Waals surface area contributed by atoms with Gasteiger partial charge in [0.25, 0.3) is 0 Å². The molecule has 0 aliphatic carbocycles. The maximum atomic E-state index is 13.4. The Morgan fingerprint density at radius 1 is 1.24 bits per heavy atom. The Morgan fingerprint density at radius 2 is 2.00 bits per heavy atom. The topological polar surface area (TPSA) is 35.6 Å². The average Bonchev–Trinajstić information content (AvgIpc) is 2.61. The SMILES string of the molecule is CN(C)C(CNC(=O)N1CCCc2cc(F)ccc21)c1ccccc1. The second-order valence-electron chi connectivity index (χ2n) is 6.60. The monoisotopic (exact) mass is 341 g/mol. The number of nitrogens with one attached hydrogen (secondary N) is 1. The molecular weight excluding hydrogens is 317 g/mol. The lowest BCUT2D eigenvalue weighted by Gasteiger charge is -2.31. The number of fused-ring (bicyclic) bond motifs is 1. The zero-order chi connectivity index (χ0) is 17.8. The van der Waals surface area contributed by atoms with Crippen molar-refractivity contribution in [2.75, 3.05) is 32.1 Å². The van der Waals surface area contributed by atoms with Gasteiger partial charge in [0.1, 0.15) is 5.82 Å². The first-order chi connectivity index (χ1) is 12.1. The summed E-state index contributed by atoms with van der Waals surface area (Å²) in [5.41, 5.74) is 2.87. The fourth-order valence-electron chi connectivity index (χ4n) is 3.33. The van der Waals surface area contributed by atoms with Crippen molar-refractivity contribution in [2.45, 2.75) is 18.9 Å². The van der Waals surface area contributed by atoms with Crippen molar-refractivity contribution in [3.05, 3.63) is 65.5 Å². The number of anilines is 1. The number of hydrogen-bond donors (Lipinski definition) is 1. The molecule has 2 aromatic rings. The van der Waals surface area contributed by atoms with Crippen LogP contribution in [0.2, 0.25) is 0 Å². The van der Waals surface area contributed by atoms with Gasteiger partial charge in [-0.3, -0.25) is 4.90 Å². The number of hydrogen-bond acceptors (Lipinski definition) is 2. The lowest BCUT2D eigenvalue weighted by atomic mass is 10.0. The standard InChI is InChI=1S/C20H24FN3O/c1-23(2)19(15-7-4-3-5-8-15)14-22-20(25)24-12-6-9-16-13-17(21)10-11-18(16)24/h3-5,7-8,10-11,13,19H,6,9,12,14H2,1-2H3,(H,22,25). The molecule has 4 nitrogen and oxygen atoms in total. The molecule has 1 atom stereocenters. The fourth-order valence-corrected chi connectivity index (χ4v) is 3.33. The Hall–Kier alpha value is -2.40. The van der Waals surface area contributed by atoms with Crippen molar-refractivity contribution in [3.63, 3.8) is 0 Å². The highest BCUT2D eigenvalue weighted by Gasteiger charge is 2.24. The van der Waals surface area contributed by atoms with E-state index >= 15 is 0 Å². The molecule has 5 heteroatoms. The Kier molecular flexibility index (Phi) is 5.34. The van der Waals surface area contributed by atoms with Gasteiger partial charge in [-0.05, 0) is 56.3 Å². The molecule has 0 spiro atoms. The average molecular weight is 341 g/mol. The number of urea groups is 1. The van der Waals surface area contributed by atoms with Crippen molar-refractivity contribution in [2.24, 2.45) is 0 Å². The molecule has 0 saturated carbocycles. The second kappa shape index (κ2) is 7.66. The van der Waals surface area contributed by atoms with E-state index in [9.17, 15) is 9.18 Å². The Morgan fingerprint density at radius 3 is 2.72 bits per heavy atom. The highest BCUT2D eigenvalue weighted by molar-refractivity contribution is 5.93. The van der Waals surface area contributed by atoms with Crippen LogP contribution in [0.4, 0.5) is 14.9 Å². The van der Waals surface area contributed by atoms with Crippen LogP contribution in [-0.4, -0.2) is 38.1 Å². The molecule has 3 rings (SSSR count). The van der Waals surface area contributed by atoms with Crippen LogP contribution < -0.4 is 10.2 Å². The number of benzene rings is 2. The zero-order valence-electron chi connectivity index (χ0n) is 14.7. The van der Waals surface area contributed by atoms with Crippen LogP contribution in [0.3, 0.4) is 0 Å². The largest absolute Gasteiger partial charge is 0.336 e. The van der Waals surface area contributed by atoms with Crippen LogP contribution in [0.1, 0.15) is 23.6 Å². The zero-order valence-corrected chi connectivity index (χ0v) is 14.7. The number of amides is 2. The third kappa shape index (κ3) is 3.99. The van der Waals surface area contributed by atoms with E-state index < -0.39 is 0 Å². The van der Waals surface area contributed by atoms with E-state index in [4.69, 9.17) is 0 Å². The Balaban J connectivity index is 1.71. The minimum atomic E-state index is -0.252. The highest BCUT2D eigenvalue weighted by atomic mass is 19.1. The van der Waals surface area contributed by atoms with Gasteiger partial charge >= 0.3 is 6.03 Å². The molecular formula is C20H24FN3O. The van der Waals surface area contributed by atoms with Crippen LogP contribution in [0, 0.1) is 5.82 Å². The Bertz CT molecular complexity index is 733. The van der Waals surface area contributed by atoms with Crippen molar-refractivity contribution in [3.8, 4) is 0 Å². The minimum absolute atomic E-state index is 0.0997. The summed E-state index contributed by atoms with van der Waals surface area (Å²) in [4.78, 5) is 16.5. The number of carbonyl (C=O) groups excluding carboxylic acids is 1. The number of halogens is 1. The maximum Gasteiger partial charge on any atom is 0.321 e. The second-order valence-corrected chi connectivity index (χ2v) is 6.60. The van der Waals surface area contributed by atoms with E-state index in [1.807, 2.05) is 32.3 Å². The van der Waals surface area contributed by atoms with Gasteiger partial charge < -0.3 is 10.2 Å². The summed E-state index contributed by atoms with van der Waals surface area (Å²) in [6.07, 6.45) is 1.65. The van der Waals surface area contributed by atoms with Crippen LogP contribution in [-0.2, 0) is 6.42 Å². The van der Waals surface area contributed by atoms with Crippen LogP contribution >= 0.6 is 0 Å². The summed E-state index contributed by atoms with van der Waals surface area (Å²) < 4.78 is 13.4. The van der Waals surface area contributed by atoms with E-state index in [-0.39, 0.29) is 17.9 Å². The quantitative estimate of drug-likeness (QED) is 0.922. The van der Waals surface area contributed by atoms with Crippen molar-refractivity contribution in [1.82, 2.24) is 10.2 Å². The van der Waals surface area contributed by atoms with Crippen LogP contribution in [0.25, 0.3) is 0 Å². The molecule has 2 amide bonds. The number of carbonyl (C=O) groups is 1. The van der Waals surface area contributed by atoms with Gasteiger partial charge in [0.05, 0.1) is 6.04 Å². The summed E-state index contributed by atoms with van der Waals surface area (Å²) in [7, 11) is 4.01.